The second kappa shape index (κ2) is 7.25. The number of hydrogen-bond acceptors (Lipinski definition) is 3. The predicted molar refractivity (Wildman–Crippen MR) is 94.2 cm³/mol. The first kappa shape index (κ1) is 17.7. The van der Waals surface area contributed by atoms with Crippen LogP contribution in [0.3, 0.4) is 0 Å². The highest BCUT2D eigenvalue weighted by Gasteiger charge is 2.28. The third-order valence-electron chi connectivity index (χ3n) is 3.11. The van der Waals surface area contributed by atoms with Gasteiger partial charge in [-0.25, -0.2) is 8.42 Å². The molecule has 2 aromatic rings. The van der Waals surface area contributed by atoms with Crippen molar-refractivity contribution in [1.29, 1.82) is 0 Å². The Bertz CT molecular complexity index is 822. The molecule has 122 valence electrons. The summed E-state index contributed by atoms with van der Waals surface area (Å²) in [7, 11) is -2.46. The Labute approximate surface area is 145 Å². The molecule has 0 aliphatic carbocycles. The maximum Gasteiger partial charge on any atom is 0.266 e. The van der Waals surface area contributed by atoms with Gasteiger partial charge in [0.1, 0.15) is 10.6 Å². The molecule has 7 heteroatoms. The van der Waals surface area contributed by atoms with Crippen LogP contribution in [-0.2, 0) is 10.0 Å². The minimum atomic E-state index is -3.94. The van der Waals surface area contributed by atoms with Crippen molar-refractivity contribution in [2.24, 2.45) is 0 Å². The van der Waals surface area contributed by atoms with Gasteiger partial charge in [0.25, 0.3) is 10.0 Å². The topological polar surface area (TPSA) is 46.6 Å². The number of rotatable bonds is 6. The Kier molecular flexibility index (Phi) is 5.57. The van der Waals surface area contributed by atoms with Crippen molar-refractivity contribution in [1.82, 2.24) is 0 Å². The van der Waals surface area contributed by atoms with Gasteiger partial charge in [-0.1, -0.05) is 41.4 Å². The minimum absolute atomic E-state index is 0.0611. The van der Waals surface area contributed by atoms with Gasteiger partial charge in [-0.05, 0) is 30.3 Å². The summed E-state index contributed by atoms with van der Waals surface area (Å²) in [6.45, 7) is 3.68. The maximum absolute atomic E-state index is 13.0. The highest BCUT2D eigenvalue weighted by atomic mass is 35.5. The van der Waals surface area contributed by atoms with Crippen LogP contribution in [0, 0.1) is 0 Å². The molecule has 2 aromatic carbocycles. The second-order valence-corrected chi connectivity index (χ2v) is 7.25. The van der Waals surface area contributed by atoms with Gasteiger partial charge in [0.2, 0.25) is 0 Å². The molecule has 0 atom stereocenters. The van der Waals surface area contributed by atoms with Gasteiger partial charge >= 0.3 is 0 Å². The number of ether oxygens (including phenoxy) is 1. The Morgan fingerprint density at radius 1 is 1.22 bits per heavy atom. The lowest BCUT2D eigenvalue weighted by Gasteiger charge is -2.25. The number of methoxy groups -OCH3 is 1. The number of benzene rings is 2. The highest BCUT2D eigenvalue weighted by Crippen LogP contribution is 2.35. The van der Waals surface area contributed by atoms with E-state index < -0.39 is 10.0 Å². The van der Waals surface area contributed by atoms with E-state index in [0.717, 1.165) is 0 Å². The molecule has 0 aliphatic heterocycles. The van der Waals surface area contributed by atoms with E-state index in [-0.39, 0.29) is 21.5 Å². The average molecular weight is 372 g/mol. The highest BCUT2D eigenvalue weighted by molar-refractivity contribution is 7.93. The molecule has 0 fully saturated rings. The zero-order valence-corrected chi connectivity index (χ0v) is 14.7. The second-order valence-electron chi connectivity index (χ2n) is 4.57. The molecule has 0 N–H and O–H groups in total. The third-order valence-corrected chi connectivity index (χ3v) is 5.61. The molecule has 0 saturated heterocycles. The quantitative estimate of drug-likeness (QED) is 0.707. The van der Waals surface area contributed by atoms with Crippen molar-refractivity contribution in [2.45, 2.75) is 4.90 Å². The molecular weight excluding hydrogens is 357 g/mol. The van der Waals surface area contributed by atoms with Crippen molar-refractivity contribution in [2.75, 3.05) is 18.0 Å². The lowest BCUT2D eigenvalue weighted by atomic mass is 10.3. The molecule has 0 unspecified atom stereocenters. The Balaban J connectivity index is 2.65. The fourth-order valence-corrected chi connectivity index (χ4v) is 4.26. The van der Waals surface area contributed by atoms with Crippen molar-refractivity contribution >= 4 is 38.9 Å². The maximum atomic E-state index is 13.0. The molecule has 0 bridgehead atoms. The SMILES string of the molecule is C=CCN(c1ccccc1OC)S(=O)(=O)c1cc(Cl)ccc1Cl. The molecule has 0 saturated carbocycles. The van der Waals surface area contributed by atoms with Gasteiger partial charge < -0.3 is 4.74 Å². The summed E-state index contributed by atoms with van der Waals surface area (Å²) < 4.78 is 32.5. The minimum Gasteiger partial charge on any atom is -0.495 e. The summed E-state index contributed by atoms with van der Waals surface area (Å²) in [6, 6.07) is 11.1. The zero-order valence-electron chi connectivity index (χ0n) is 12.4. The third kappa shape index (κ3) is 3.63. The summed E-state index contributed by atoms with van der Waals surface area (Å²) in [5, 5.41) is 0.380. The van der Waals surface area contributed by atoms with Crippen LogP contribution in [0.25, 0.3) is 0 Å². The standard InChI is InChI=1S/C16H15Cl2NO3S/c1-3-10-19(14-6-4-5-7-15(14)22-2)23(20,21)16-11-12(17)8-9-13(16)18/h3-9,11H,1,10H2,2H3. The molecule has 4 nitrogen and oxygen atoms in total. The first-order valence-corrected chi connectivity index (χ1v) is 8.83. The van der Waals surface area contributed by atoms with Crippen LogP contribution < -0.4 is 9.04 Å². The van der Waals surface area contributed by atoms with E-state index in [4.69, 9.17) is 27.9 Å². The number of halogens is 2. The van der Waals surface area contributed by atoms with E-state index in [0.29, 0.717) is 11.4 Å². The Hall–Kier alpha value is -1.69. The molecule has 0 aliphatic rings. The lowest BCUT2D eigenvalue weighted by molar-refractivity contribution is 0.415. The van der Waals surface area contributed by atoms with Crippen LogP contribution >= 0.6 is 23.2 Å². The summed E-state index contributed by atoms with van der Waals surface area (Å²) in [4.78, 5) is -0.0700. The van der Waals surface area contributed by atoms with Crippen LogP contribution in [0.5, 0.6) is 5.75 Å². The molecular formula is C16H15Cl2NO3S. The molecule has 0 amide bonds. The van der Waals surface area contributed by atoms with E-state index >= 15 is 0 Å². The van der Waals surface area contributed by atoms with E-state index in [1.807, 2.05) is 0 Å². The predicted octanol–water partition coefficient (Wildman–Crippen LogP) is 4.38. The number of para-hydroxylation sites is 2. The van der Waals surface area contributed by atoms with Gasteiger partial charge in [-0.3, -0.25) is 4.31 Å². The normalized spacial score (nSPS) is 11.1. The molecule has 0 spiro atoms. The van der Waals surface area contributed by atoms with E-state index in [2.05, 4.69) is 6.58 Å². The van der Waals surface area contributed by atoms with Crippen LogP contribution in [0.1, 0.15) is 0 Å². The van der Waals surface area contributed by atoms with Gasteiger partial charge in [0, 0.05) is 5.02 Å². The molecule has 23 heavy (non-hydrogen) atoms. The van der Waals surface area contributed by atoms with Crippen molar-refractivity contribution in [3.8, 4) is 5.75 Å². The van der Waals surface area contributed by atoms with Gasteiger partial charge in [0.05, 0.1) is 24.4 Å². The zero-order chi connectivity index (χ0) is 17.0. The summed E-state index contributed by atoms with van der Waals surface area (Å²) >= 11 is 12.0. The molecule has 0 aromatic heterocycles. The lowest BCUT2D eigenvalue weighted by Crippen LogP contribution is -2.31. The number of hydrogen-bond donors (Lipinski definition) is 0. The fraction of sp³-hybridized carbons (Fsp3) is 0.125. The van der Waals surface area contributed by atoms with Crippen molar-refractivity contribution in [3.05, 3.63) is 65.2 Å². The van der Waals surface area contributed by atoms with Gasteiger partial charge in [-0.2, -0.15) is 0 Å². The van der Waals surface area contributed by atoms with Crippen molar-refractivity contribution in [3.63, 3.8) is 0 Å². The first-order chi connectivity index (χ1) is 10.9. The number of nitrogens with zero attached hydrogens (tertiary/aromatic N) is 1. The van der Waals surface area contributed by atoms with Crippen LogP contribution in [0.2, 0.25) is 10.0 Å². The van der Waals surface area contributed by atoms with E-state index in [1.165, 1.54) is 35.7 Å². The van der Waals surface area contributed by atoms with Crippen LogP contribution in [0.15, 0.2) is 60.0 Å². The molecule has 0 heterocycles. The smallest absolute Gasteiger partial charge is 0.266 e. The molecule has 2 rings (SSSR count). The monoisotopic (exact) mass is 371 g/mol. The summed E-state index contributed by atoms with van der Waals surface area (Å²) in [6.07, 6.45) is 1.49. The summed E-state index contributed by atoms with van der Waals surface area (Å²) in [5.41, 5.74) is 0.394. The Morgan fingerprint density at radius 3 is 2.57 bits per heavy atom. The molecule has 0 radical (unpaired) electrons. The summed E-state index contributed by atoms with van der Waals surface area (Å²) in [5.74, 6) is 0.427. The van der Waals surface area contributed by atoms with Gasteiger partial charge in [-0.15, -0.1) is 6.58 Å². The van der Waals surface area contributed by atoms with Crippen molar-refractivity contribution < 1.29 is 13.2 Å². The number of anilines is 1. The Morgan fingerprint density at radius 2 is 1.91 bits per heavy atom. The first-order valence-electron chi connectivity index (χ1n) is 6.63. The van der Waals surface area contributed by atoms with E-state index in [9.17, 15) is 8.42 Å². The van der Waals surface area contributed by atoms with E-state index in [1.54, 1.807) is 24.3 Å². The fourth-order valence-electron chi connectivity index (χ4n) is 2.07. The van der Waals surface area contributed by atoms with Crippen LogP contribution in [-0.4, -0.2) is 22.1 Å². The van der Waals surface area contributed by atoms with Gasteiger partial charge in [0.15, 0.2) is 0 Å². The number of sulfonamides is 1. The average Bonchev–Trinajstić information content (AvgIpc) is 2.54. The van der Waals surface area contributed by atoms with Crippen LogP contribution in [0.4, 0.5) is 5.69 Å². The largest absolute Gasteiger partial charge is 0.495 e.